The Morgan fingerprint density at radius 3 is 2.50 bits per heavy atom. The van der Waals surface area contributed by atoms with Crippen LogP contribution in [0.2, 0.25) is 0 Å². The molecule has 0 radical (unpaired) electrons. The lowest BCUT2D eigenvalue weighted by atomic mass is 9.82. The van der Waals surface area contributed by atoms with E-state index in [0.717, 1.165) is 17.5 Å². The molecule has 2 bridgehead atoms. The van der Waals surface area contributed by atoms with Gasteiger partial charge in [0.1, 0.15) is 18.9 Å². The Bertz CT molecular complexity index is 1130. The van der Waals surface area contributed by atoms with Crippen LogP contribution < -0.4 is 4.74 Å². The molecule has 4 rings (SSSR count). The summed E-state index contributed by atoms with van der Waals surface area (Å²) in [5.41, 5.74) is 1.79. The lowest BCUT2D eigenvalue weighted by Gasteiger charge is -2.38. The monoisotopic (exact) mass is 517 g/mol. The van der Waals surface area contributed by atoms with Crippen LogP contribution in [0, 0.1) is 11.8 Å². The molecule has 0 spiro atoms. The summed E-state index contributed by atoms with van der Waals surface area (Å²) in [4.78, 5) is 45.2. The van der Waals surface area contributed by atoms with Crippen molar-refractivity contribution in [2.45, 2.75) is 39.7 Å². The fourth-order valence-electron chi connectivity index (χ4n) is 5.39. The van der Waals surface area contributed by atoms with Crippen LogP contribution in [0.1, 0.15) is 37.8 Å². The second-order valence-electron chi connectivity index (χ2n) is 10.1. The molecule has 0 N–H and O–H groups in total. The first-order chi connectivity index (χ1) is 18.5. The lowest BCUT2D eigenvalue weighted by Crippen LogP contribution is -2.49. The number of hydrogen-bond donors (Lipinski definition) is 0. The first kappa shape index (κ1) is 27.4. The number of piperidine rings is 1. The van der Waals surface area contributed by atoms with E-state index in [1.165, 1.54) is 0 Å². The van der Waals surface area contributed by atoms with Crippen LogP contribution in [0.15, 0.2) is 66.7 Å². The summed E-state index contributed by atoms with van der Waals surface area (Å²) in [6, 6.07) is 17.3. The maximum Gasteiger partial charge on any atom is 0.242 e. The molecule has 7 heteroatoms. The molecule has 1 fully saturated rings. The molecule has 0 aliphatic carbocycles. The molecule has 0 aromatic heterocycles. The van der Waals surface area contributed by atoms with Crippen molar-refractivity contribution in [3.8, 4) is 5.75 Å². The Balaban J connectivity index is 1.57. The zero-order valence-corrected chi connectivity index (χ0v) is 22.6. The van der Waals surface area contributed by atoms with Crippen molar-refractivity contribution in [3.63, 3.8) is 0 Å². The largest absolute Gasteiger partial charge is 0.489 e. The van der Waals surface area contributed by atoms with Gasteiger partial charge in [0.05, 0.1) is 6.42 Å². The minimum atomic E-state index is -0.0939. The Hall–Kier alpha value is -3.61. The van der Waals surface area contributed by atoms with E-state index in [1.54, 1.807) is 4.90 Å². The Morgan fingerprint density at radius 1 is 1.00 bits per heavy atom. The molecule has 2 aromatic rings. The van der Waals surface area contributed by atoms with Gasteiger partial charge in [-0.3, -0.25) is 14.4 Å². The van der Waals surface area contributed by atoms with Crippen LogP contribution in [0.5, 0.6) is 5.75 Å². The number of carbonyl (C=O) groups is 3. The smallest absolute Gasteiger partial charge is 0.242 e. The lowest BCUT2D eigenvalue weighted by molar-refractivity contribution is -0.142. The molecule has 0 saturated carbocycles. The number of amides is 3. The Labute approximate surface area is 226 Å². The first-order valence-corrected chi connectivity index (χ1v) is 13.7. The molecular formula is C31H39N3O4. The Kier molecular flexibility index (Phi) is 9.57. The molecule has 3 amide bonds. The van der Waals surface area contributed by atoms with E-state index in [1.807, 2.05) is 84.3 Å². The molecule has 7 nitrogen and oxygen atoms in total. The average molecular weight is 518 g/mol. The van der Waals surface area contributed by atoms with E-state index in [-0.39, 0.29) is 42.5 Å². The van der Waals surface area contributed by atoms with E-state index in [4.69, 9.17) is 4.74 Å². The van der Waals surface area contributed by atoms with Crippen LogP contribution in [-0.2, 0) is 27.3 Å². The van der Waals surface area contributed by atoms with E-state index in [9.17, 15) is 14.4 Å². The van der Waals surface area contributed by atoms with Gasteiger partial charge in [0, 0.05) is 44.7 Å². The van der Waals surface area contributed by atoms with Crippen molar-refractivity contribution in [3.05, 3.63) is 77.9 Å². The molecule has 2 aliphatic rings. The number of fused-ring (bicyclic) bond motifs is 3. The minimum Gasteiger partial charge on any atom is -0.489 e. The normalized spacial score (nSPS) is 19.9. The summed E-state index contributed by atoms with van der Waals surface area (Å²) in [5.74, 6) is 0.938. The molecule has 2 heterocycles. The molecule has 1 saturated heterocycles. The summed E-state index contributed by atoms with van der Waals surface area (Å²) in [6.07, 6.45) is 5.58. The fraction of sp³-hybridized carbons (Fsp3) is 0.452. The van der Waals surface area contributed by atoms with Gasteiger partial charge in [-0.1, -0.05) is 60.7 Å². The van der Waals surface area contributed by atoms with Gasteiger partial charge in [0.15, 0.2) is 0 Å². The summed E-state index contributed by atoms with van der Waals surface area (Å²) in [5, 5.41) is 0. The van der Waals surface area contributed by atoms with Crippen LogP contribution in [0.3, 0.4) is 0 Å². The highest BCUT2D eigenvalue weighted by Crippen LogP contribution is 2.29. The standard InChI is InChI=1S/C31H39N3O4/c1-3-32(4-2)30(36)20-25-16-17-33-21-26(25)14-10-18-38-28-15-9-8-13-27(28)22-34(23-31(33)37)29(35)19-24-11-6-5-7-12-24/h5-15,25-26H,3-4,16-23H2,1-2H3/t25-,26-/m0/s1. The second-order valence-corrected chi connectivity index (χ2v) is 10.1. The minimum absolute atomic E-state index is 0.0134. The molecule has 38 heavy (non-hydrogen) atoms. The van der Waals surface area contributed by atoms with Gasteiger partial charge in [-0.05, 0) is 43.7 Å². The van der Waals surface area contributed by atoms with Gasteiger partial charge in [-0.25, -0.2) is 0 Å². The van der Waals surface area contributed by atoms with Crippen molar-refractivity contribution >= 4 is 17.7 Å². The third-order valence-corrected chi connectivity index (χ3v) is 7.64. The first-order valence-electron chi connectivity index (χ1n) is 13.7. The van der Waals surface area contributed by atoms with Crippen LogP contribution >= 0.6 is 0 Å². The summed E-state index contributed by atoms with van der Waals surface area (Å²) in [7, 11) is 0. The average Bonchev–Trinajstić information content (AvgIpc) is 2.93. The van der Waals surface area contributed by atoms with Crippen molar-refractivity contribution in [1.29, 1.82) is 0 Å². The summed E-state index contributed by atoms with van der Waals surface area (Å²) < 4.78 is 6.10. The second kappa shape index (κ2) is 13.3. The van der Waals surface area contributed by atoms with Gasteiger partial charge in [0.2, 0.25) is 17.7 Å². The van der Waals surface area contributed by atoms with E-state index < -0.39 is 0 Å². The number of rotatable bonds is 6. The summed E-state index contributed by atoms with van der Waals surface area (Å²) >= 11 is 0. The van der Waals surface area contributed by atoms with Gasteiger partial charge < -0.3 is 19.4 Å². The van der Waals surface area contributed by atoms with E-state index in [2.05, 4.69) is 6.08 Å². The predicted molar refractivity (Wildman–Crippen MR) is 147 cm³/mol. The van der Waals surface area contributed by atoms with E-state index >= 15 is 0 Å². The van der Waals surface area contributed by atoms with Crippen molar-refractivity contribution < 1.29 is 19.1 Å². The molecular weight excluding hydrogens is 478 g/mol. The number of para-hydroxylation sites is 1. The highest BCUT2D eigenvalue weighted by Gasteiger charge is 2.33. The third-order valence-electron chi connectivity index (χ3n) is 7.64. The molecule has 202 valence electrons. The zero-order valence-electron chi connectivity index (χ0n) is 22.6. The van der Waals surface area contributed by atoms with Crippen LogP contribution in [0.25, 0.3) is 0 Å². The van der Waals surface area contributed by atoms with Crippen LogP contribution in [-0.4, -0.2) is 71.8 Å². The number of benzene rings is 2. The summed E-state index contributed by atoms with van der Waals surface area (Å²) in [6.45, 7) is 7.24. The van der Waals surface area contributed by atoms with Gasteiger partial charge in [-0.2, -0.15) is 0 Å². The molecule has 2 atom stereocenters. The maximum atomic E-state index is 13.5. The third kappa shape index (κ3) is 7.03. The van der Waals surface area contributed by atoms with Gasteiger partial charge >= 0.3 is 0 Å². The van der Waals surface area contributed by atoms with Gasteiger partial charge in [-0.15, -0.1) is 0 Å². The predicted octanol–water partition coefficient (Wildman–Crippen LogP) is 3.93. The topological polar surface area (TPSA) is 70.2 Å². The number of hydrogen-bond acceptors (Lipinski definition) is 4. The van der Waals surface area contributed by atoms with Crippen molar-refractivity contribution in [1.82, 2.24) is 14.7 Å². The van der Waals surface area contributed by atoms with Crippen LogP contribution in [0.4, 0.5) is 0 Å². The Morgan fingerprint density at radius 2 is 1.74 bits per heavy atom. The SMILES string of the molecule is CCN(CC)C(=O)C[C@@H]1CCN2C[C@@H]1C=CCOc1ccccc1CN(C(=O)Cc1ccccc1)CC2=O. The molecule has 0 unspecified atom stereocenters. The highest BCUT2D eigenvalue weighted by atomic mass is 16.5. The quantitative estimate of drug-likeness (QED) is 0.545. The highest BCUT2D eigenvalue weighted by molar-refractivity contribution is 5.86. The van der Waals surface area contributed by atoms with E-state index in [0.29, 0.717) is 51.5 Å². The zero-order chi connectivity index (χ0) is 26.9. The fourth-order valence-corrected chi connectivity index (χ4v) is 5.39. The van der Waals surface area contributed by atoms with Crippen molar-refractivity contribution in [2.24, 2.45) is 11.8 Å². The molecule has 2 aromatic carbocycles. The number of ether oxygens (including phenoxy) is 1. The maximum absolute atomic E-state index is 13.5. The number of carbonyl (C=O) groups excluding carboxylic acids is 3. The number of nitrogens with zero attached hydrogens (tertiary/aromatic N) is 3. The van der Waals surface area contributed by atoms with Gasteiger partial charge in [0.25, 0.3) is 0 Å². The molecule has 2 aliphatic heterocycles. The van der Waals surface area contributed by atoms with Crippen molar-refractivity contribution in [2.75, 3.05) is 39.3 Å².